The van der Waals surface area contributed by atoms with Gasteiger partial charge in [-0.15, -0.1) is 0 Å². The zero-order chi connectivity index (χ0) is 44.7. The molecule has 0 saturated carbocycles. The second-order valence-corrected chi connectivity index (χ2v) is 17.1. The highest BCUT2D eigenvalue weighted by molar-refractivity contribution is 5.98. The average molecular weight is 832 g/mol. The lowest BCUT2D eigenvalue weighted by molar-refractivity contribution is 0.800. The number of aromatic amines is 1. The number of allylic oxidation sites excluding steroid dienone is 6. The van der Waals surface area contributed by atoms with Crippen LogP contribution in [-0.4, -0.2) is 4.98 Å². The van der Waals surface area contributed by atoms with Gasteiger partial charge >= 0.3 is 0 Å². The molecule has 2 unspecified atom stereocenters. The minimum absolute atomic E-state index is 0.518. The first-order valence-electron chi connectivity index (χ1n) is 22.6. The van der Waals surface area contributed by atoms with E-state index in [1.54, 1.807) is 0 Å². The third-order valence-corrected chi connectivity index (χ3v) is 11.7. The average Bonchev–Trinajstić information content (AvgIpc) is 4.00. The van der Waals surface area contributed by atoms with Crippen LogP contribution in [0.5, 0.6) is 0 Å². The molecule has 318 valence electrons. The molecule has 2 atom stereocenters. The van der Waals surface area contributed by atoms with E-state index < -0.39 is 0 Å². The normalized spacial score (nSPS) is 14.7. The molecule has 1 N–H and O–H groups in total. The predicted octanol–water partition coefficient (Wildman–Crippen LogP) is 15.7. The fourth-order valence-corrected chi connectivity index (χ4v) is 8.18. The van der Waals surface area contributed by atoms with Gasteiger partial charge in [0.1, 0.15) is 0 Å². The summed E-state index contributed by atoms with van der Waals surface area (Å²) in [6.07, 6.45) is 16.8. The van der Waals surface area contributed by atoms with E-state index in [4.69, 9.17) is 0 Å². The summed E-state index contributed by atoms with van der Waals surface area (Å²) in [5.74, 6) is 1.23. The lowest BCUT2D eigenvalue weighted by Crippen LogP contribution is -2.27. The maximum Gasteiger partial charge on any atom is 0.0454 e. The van der Waals surface area contributed by atoms with Gasteiger partial charge < -0.3 is 4.98 Å². The molecule has 1 heterocycles. The number of aryl methyl sites for hydroxylation is 4. The standard InChI is InChI=1S/C15H12.C14H12.C11H12.C9H9N.2C7H8/c1-11-6-7-14-9-12-4-2-3-5-13(12)10-15(14)8-11;1-10-9-11-5-4-8-13(11)14-7-3-2-6-12(10)14;1-9-6-7-10-4-2-3-5-11(10)8-9;1-7-2-3-9-8(6-7)4-5-10-9;2*1-7-5-3-2-4-6-7/h2-10H,1H3;2-9,11H,1H3;2-5,7-9H,6H2,1H3;2-6,10H,1H3;2*2-6H,1H3. The predicted molar refractivity (Wildman–Crippen MR) is 281 cm³/mol. The Balaban J connectivity index is 0.000000117. The molecule has 0 fully saturated rings. The first-order chi connectivity index (χ1) is 31.2. The molecule has 1 heteroatoms. The number of rotatable bonds is 0. The van der Waals surface area contributed by atoms with Crippen molar-refractivity contribution in [2.75, 3.05) is 0 Å². The van der Waals surface area contributed by atoms with Crippen LogP contribution in [0.4, 0.5) is 0 Å². The van der Waals surface area contributed by atoms with Gasteiger partial charge in [0.15, 0.2) is 0 Å². The van der Waals surface area contributed by atoms with Crippen LogP contribution in [0.2, 0.25) is 0 Å². The molecule has 9 aromatic rings. The summed E-state index contributed by atoms with van der Waals surface area (Å²) in [7, 11) is 0. The number of hydrogen-bond donors (Lipinski definition) is 1. The molecular weight excluding hydrogens is 771 g/mol. The summed E-state index contributed by atoms with van der Waals surface area (Å²) in [4.78, 5) is 3.15. The topological polar surface area (TPSA) is 15.8 Å². The van der Waals surface area contributed by atoms with Gasteiger partial charge in [0.05, 0.1) is 0 Å². The van der Waals surface area contributed by atoms with Gasteiger partial charge in [-0.05, 0) is 137 Å². The van der Waals surface area contributed by atoms with Crippen molar-refractivity contribution >= 4 is 55.7 Å². The SMILES string of the molecule is CC1=CC2C=CC=C2c2ccccc21.CC1C=c2ccccc2=CC1.Cc1ccc2[nH]ccc2c1.Cc1ccc2cc3ccccc3cc2c1.Cc1ccccc1.Cc1ccccc1. The lowest BCUT2D eigenvalue weighted by atomic mass is 9.83. The Labute approximate surface area is 381 Å². The molecule has 1 aromatic heterocycles. The molecule has 0 spiro atoms. The largest absolute Gasteiger partial charge is 0.361 e. The highest BCUT2D eigenvalue weighted by Gasteiger charge is 2.21. The molecule has 0 amide bonds. The van der Waals surface area contributed by atoms with Crippen molar-refractivity contribution in [3.8, 4) is 0 Å². The molecular formula is C63H61N. The molecule has 1 nitrogen and oxygen atoms in total. The molecule has 3 aliphatic rings. The maximum atomic E-state index is 3.15. The molecule has 8 aromatic carbocycles. The third-order valence-electron chi connectivity index (χ3n) is 11.7. The summed E-state index contributed by atoms with van der Waals surface area (Å²) in [5, 5.41) is 9.36. The fourth-order valence-electron chi connectivity index (χ4n) is 8.18. The highest BCUT2D eigenvalue weighted by Crippen LogP contribution is 2.40. The lowest BCUT2D eigenvalue weighted by Gasteiger charge is -2.21. The smallest absolute Gasteiger partial charge is 0.0454 e. The second-order valence-electron chi connectivity index (χ2n) is 17.1. The Morgan fingerprint density at radius 1 is 0.438 bits per heavy atom. The van der Waals surface area contributed by atoms with E-state index in [9.17, 15) is 0 Å². The minimum Gasteiger partial charge on any atom is -0.361 e. The summed E-state index contributed by atoms with van der Waals surface area (Å²) in [5.41, 5.74) is 12.1. The number of benzene rings is 8. The summed E-state index contributed by atoms with van der Waals surface area (Å²) in [6.45, 7) is 12.9. The van der Waals surface area contributed by atoms with Gasteiger partial charge in [0.2, 0.25) is 0 Å². The molecule has 0 saturated heterocycles. The summed E-state index contributed by atoms with van der Waals surface area (Å²) in [6, 6.07) is 65.8. The quantitative estimate of drug-likeness (QED) is 0.147. The maximum absolute atomic E-state index is 3.15. The number of H-pyrrole nitrogens is 1. The van der Waals surface area contributed by atoms with Crippen molar-refractivity contribution in [2.45, 2.75) is 48.0 Å². The first-order valence-corrected chi connectivity index (χ1v) is 22.6. The Hall–Kier alpha value is -7.22. The van der Waals surface area contributed by atoms with Crippen molar-refractivity contribution in [2.24, 2.45) is 11.8 Å². The number of aromatic nitrogens is 1. The van der Waals surface area contributed by atoms with Gasteiger partial charge in [-0.2, -0.15) is 0 Å². The van der Waals surface area contributed by atoms with Gasteiger partial charge in [-0.3, -0.25) is 0 Å². The van der Waals surface area contributed by atoms with Crippen LogP contribution in [0.3, 0.4) is 0 Å². The highest BCUT2D eigenvalue weighted by atomic mass is 14.7. The van der Waals surface area contributed by atoms with Crippen molar-refractivity contribution in [3.05, 3.63) is 262 Å². The molecule has 3 aliphatic carbocycles. The van der Waals surface area contributed by atoms with E-state index >= 15 is 0 Å². The van der Waals surface area contributed by atoms with Gasteiger partial charge in [-0.25, -0.2) is 0 Å². The van der Waals surface area contributed by atoms with Crippen LogP contribution < -0.4 is 10.4 Å². The van der Waals surface area contributed by atoms with Crippen LogP contribution in [-0.2, 0) is 0 Å². The first kappa shape index (κ1) is 44.8. The van der Waals surface area contributed by atoms with Crippen molar-refractivity contribution in [1.82, 2.24) is 4.98 Å². The van der Waals surface area contributed by atoms with Crippen molar-refractivity contribution in [3.63, 3.8) is 0 Å². The Bertz CT molecular complexity index is 3100. The van der Waals surface area contributed by atoms with E-state index in [0.717, 1.165) is 0 Å². The van der Waals surface area contributed by atoms with Crippen molar-refractivity contribution < 1.29 is 0 Å². The van der Waals surface area contributed by atoms with E-state index in [0.29, 0.717) is 11.8 Å². The molecule has 64 heavy (non-hydrogen) atoms. The van der Waals surface area contributed by atoms with E-state index in [1.807, 2.05) is 42.6 Å². The van der Waals surface area contributed by atoms with Crippen LogP contribution in [0, 0.1) is 39.5 Å². The Kier molecular flexibility index (Phi) is 15.6. The zero-order valence-corrected chi connectivity index (χ0v) is 38.3. The molecule has 12 rings (SSSR count). The second kappa shape index (κ2) is 22.2. The van der Waals surface area contributed by atoms with E-state index in [1.165, 1.54) is 93.8 Å². The molecule has 0 bridgehead atoms. The van der Waals surface area contributed by atoms with Gasteiger partial charge in [-0.1, -0.05) is 223 Å². The monoisotopic (exact) mass is 831 g/mol. The Morgan fingerprint density at radius 3 is 1.64 bits per heavy atom. The van der Waals surface area contributed by atoms with Crippen LogP contribution in [0.1, 0.15) is 53.6 Å². The Morgan fingerprint density at radius 2 is 0.984 bits per heavy atom. The van der Waals surface area contributed by atoms with Crippen LogP contribution >= 0.6 is 0 Å². The number of hydrogen-bond acceptors (Lipinski definition) is 0. The van der Waals surface area contributed by atoms with Gasteiger partial charge in [0.25, 0.3) is 0 Å². The van der Waals surface area contributed by atoms with Crippen LogP contribution in [0.15, 0.2) is 219 Å². The van der Waals surface area contributed by atoms with E-state index in [2.05, 4.69) is 235 Å². The molecule has 0 radical (unpaired) electrons. The fraction of sp³-hybridized carbons (Fsp3) is 0.143. The minimum atomic E-state index is 0.518. The van der Waals surface area contributed by atoms with Crippen molar-refractivity contribution in [1.29, 1.82) is 0 Å². The summed E-state index contributed by atoms with van der Waals surface area (Å²) < 4.78 is 0. The van der Waals surface area contributed by atoms with E-state index in [-0.39, 0.29) is 0 Å². The molecule has 0 aliphatic heterocycles. The zero-order valence-electron chi connectivity index (χ0n) is 38.3. The number of nitrogens with one attached hydrogen (secondary N) is 1. The number of fused-ring (bicyclic) bond motifs is 7. The van der Waals surface area contributed by atoms with Crippen LogP contribution in [0.25, 0.3) is 55.7 Å². The third kappa shape index (κ3) is 12.5. The summed E-state index contributed by atoms with van der Waals surface area (Å²) >= 11 is 0. The van der Waals surface area contributed by atoms with Gasteiger partial charge in [0, 0.05) is 17.6 Å².